The third-order valence-electron chi connectivity index (χ3n) is 5.87. The summed E-state index contributed by atoms with van der Waals surface area (Å²) in [4.78, 5) is 51.6. The predicted molar refractivity (Wildman–Crippen MR) is 137 cm³/mol. The average molecular weight is 537 g/mol. The molecule has 2 aromatic carbocycles. The summed E-state index contributed by atoms with van der Waals surface area (Å²) in [6.45, 7) is 5.70. The number of carbonyl (C=O) groups excluding carboxylic acids is 3. The number of aromatic nitrogens is 1. The van der Waals surface area contributed by atoms with Crippen molar-refractivity contribution in [2.24, 2.45) is 5.41 Å². The summed E-state index contributed by atoms with van der Waals surface area (Å²) in [5.41, 5.74) is 1.33. The summed E-state index contributed by atoms with van der Waals surface area (Å²) in [5.74, 6) is -1.19. The molecule has 35 heavy (non-hydrogen) atoms. The summed E-state index contributed by atoms with van der Waals surface area (Å²) in [5, 5.41) is 2.83. The Kier molecular flexibility index (Phi) is 6.76. The van der Waals surface area contributed by atoms with Gasteiger partial charge in [-0.05, 0) is 73.4 Å². The van der Waals surface area contributed by atoms with Gasteiger partial charge in [-0.1, -0.05) is 29.8 Å². The van der Waals surface area contributed by atoms with Crippen molar-refractivity contribution < 1.29 is 19.1 Å². The van der Waals surface area contributed by atoms with Gasteiger partial charge in [-0.15, -0.1) is 0 Å². The molecule has 1 N–H and O–H groups in total. The van der Waals surface area contributed by atoms with Crippen molar-refractivity contribution in [2.45, 2.75) is 33.6 Å². The standard InChI is InChI=1S/C27H25BrN2O5/c1-4-35-26(34)21-13-20-22(14-27(2,3)15-23(20)31)30(25(21)33)19-11-5-16(6-12-19)24(32)29-18-9-7-17(28)8-10-18/h5-13H,4,14-15H2,1-3H3,(H,29,32). The Balaban J connectivity index is 1.76. The Bertz CT molecular complexity index is 1370. The first kappa shape index (κ1) is 24.6. The van der Waals surface area contributed by atoms with Crippen LogP contribution in [0.1, 0.15) is 64.0 Å². The van der Waals surface area contributed by atoms with Crippen LogP contribution in [0.4, 0.5) is 5.69 Å². The number of nitrogens with zero attached hydrogens (tertiary/aromatic N) is 1. The topological polar surface area (TPSA) is 94.5 Å². The van der Waals surface area contributed by atoms with Crippen LogP contribution in [0.25, 0.3) is 5.69 Å². The molecular formula is C27H25BrN2O5. The van der Waals surface area contributed by atoms with Crippen LogP contribution in [0.15, 0.2) is 63.9 Å². The van der Waals surface area contributed by atoms with Gasteiger partial charge in [0.15, 0.2) is 5.78 Å². The van der Waals surface area contributed by atoms with Gasteiger partial charge in [0, 0.05) is 39.1 Å². The number of esters is 1. The highest BCUT2D eigenvalue weighted by Crippen LogP contribution is 2.35. The van der Waals surface area contributed by atoms with Crippen LogP contribution in [0.5, 0.6) is 0 Å². The fraction of sp³-hybridized carbons (Fsp3) is 0.259. The monoisotopic (exact) mass is 536 g/mol. The predicted octanol–water partition coefficient (Wildman–Crippen LogP) is 5.18. The number of ketones is 1. The first-order valence-corrected chi connectivity index (χ1v) is 12.1. The van der Waals surface area contributed by atoms with Gasteiger partial charge in [0.25, 0.3) is 11.5 Å². The van der Waals surface area contributed by atoms with Gasteiger partial charge in [0.2, 0.25) is 0 Å². The number of halogens is 1. The number of nitrogens with one attached hydrogen (secondary N) is 1. The summed E-state index contributed by atoms with van der Waals surface area (Å²) in [6.07, 6.45) is 0.799. The number of hydrogen-bond acceptors (Lipinski definition) is 5. The number of pyridine rings is 1. The van der Waals surface area contributed by atoms with E-state index in [0.29, 0.717) is 41.0 Å². The quantitative estimate of drug-likeness (QED) is 0.453. The van der Waals surface area contributed by atoms with Crippen molar-refractivity contribution in [3.8, 4) is 5.69 Å². The summed E-state index contributed by atoms with van der Waals surface area (Å²) >= 11 is 3.36. The van der Waals surface area contributed by atoms with Gasteiger partial charge >= 0.3 is 5.97 Å². The number of benzene rings is 2. The average Bonchev–Trinajstić information content (AvgIpc) is 2.80. The third-order valence-corrected chi connectivity index (χ3v) is 6.40. The molecule has 0 bridgehead atoms. The minimum atomic E-state index is -0.767. The zero-order chi connectivity index (χ0) is 25.3. The maximum Gasteiger partial charge on any atom is 0.343 e. The molecule has 8 heteroatoms. The SMILES string of the molecule is CCOC(=O)c1cc2c(n(-c3ccc(C(=O)Nc4ccc(Br)cc4)cc3)c1=O)CC(C)(C)CC2=O. The van der Waals surface area contributed by atoms with Gasteiger partial charge in [-0.3, -0.25) is 19.0 Å². The highest BCUT2D eigenvalue weighted by molar-refractivity contribution is 9.10. The van der Waals surface area contributed by atoms with Gasteiger partial charge in [-0.25, -0.2) is 4.79 Å². The van der Waals surface area contributed by atoms with Gasteiger partial charge in [0.05, 0.1) is 6.61 Å². The minimum Gasteiger partial charge on any atom is -0.462 e. The van der Waals surface area contributed by atoms with Crippen LogP contribution in [0, 0.1) is 5.41 Å². The van der Waals surface area contributed by atoms with Crippen LogP contribution in [-0.2, 0) is 11.2 Å². The van der Waals surface area contributed by atoms with E-state index in [2.05, 4.69) is 21.2 Å². The van der Waals surface area contributed by atoms with E-state index in [-0.39, 0.29) is 29.3 Å². The maximum atomic E-state index is 13.4. The van der Waals surface area contributed by atoms with Crippen LogP contribution in [-0.4, -0.2) is 28.8 Å². The van der Waals surface area contributed by atoms with Crippen LogP contribution >= 0.6 is 15.9 Å². The van der Waals surface area contributed by atoms with E-state index in [9.17, 15) is 19.2 Å². The molecule has 0 saturated heterocycles. The highest BCUT2D eigenvalue weighted by Gasteiger charge is 2.35. The molecule has 0 radical (unpaired) electrons. The molecule has 1 heterocycles. The van der Waals surface area contributed by atoms with E-state index in [1.165, 1.54) is 10.6 Å². The minimum absolute atomic E-state index is 0.110. The highest BCUT2D eigenvalue weighted by atomic mass is 79.9. The lowest BCUT2D eigenvalue weighted by atomic mass is 9.75. The number of amides is 1. The molecule has 180 valence electrons. The first-order chi connectivity index (χ1) is 16.6. The van der Waals surface area contributed by atoms with Gasteiger partial charge in [-0.2, -0.15) is 0 Å². The Morgan fingerprint density at radius 1 is 1.03 bits per heavy atom. The number of rotatable bonds is 5. The van der Waals surface area contributed by atoms with E-state index in [1.807, 2.05) is 26.0 Å². The lowest BCUT2D eigenvalue weighted by molar-refractivity contribution is 0.0523. The van der Waals surface area contributed by atoms with Crippen molar-refractivity contribution in [3.05, 3.63) is 91.8 Å². The van der Waals surface area contributed by atoms with Gasteiger partial charge in [0.1, 0.15) is 5.56 Å². The number of hydrogen-bond donors (Lipinski definition) is 1. The first-order valence-electron chi connectivity index (χ1n) is 11.3. The van der Waals surface area contributed by atoms with Crippen molar-refractivity contribution in [1.82, 2.24) is 4.57 Å². The number of anilines is 1. The largest absolute Gasteiger partial charge is 0.462 e. The summed E-state index contributed by atoms with van der Waals surface area (Å²) in [7, 11) is 0. The molecule has 1 aliphatic carbocycles. The van der Waals surface area contributed by atoms with E-state index < -0.39 is 11.5 Å². The lowest BCUT2D eigenvalue weighted by Gasteiger charge is -2.32. The number of ether oxygens (including phenoxy) is 1. The molecule has 0 unspecified atom stereocenters. The second-order valence-electron chi connectivity index (χ2n) is 9.23. The van der Waals surface area contributed by atoms with Crippen LogP contribution < -0.4 is 10.9 Å². The zero-order valence-corrected chi connectivity index (χ0v) is 21.3. The molecule has 7 nitrogen and oxygen atoms in total. The normalized spacial score (nSPS) is 14.2. The zero-order valence-electron chi connectivity index (χ0n) is 19.7. The van der Waals surface area contributed by atoms with E-state index in [4.69, 9.17) is 4.74 Å². The molecule has 1 amide bonds. The second kappa shape index (κ2) is 9.62. The molecule has 1 aliphatic rings. The molecule has 0 spiro atoms. The smallest absolute Gasteiger partial charge is 0.343 e. The lowest BCUT2D eigenvalue weighted by Crippen LogP contribution is -2.36. The van der Waals surface area contributed by atoms with E-state index in [0.717, 1.165) is 4.47 Å². The summed E-state index contributed by atoms with van der Waals surface area (Å²) < 4.78 is 7.36. The fourth-order valence-corrected chi connectivity index (χ4v) is 4.51. The van der Waals surface area contributed by atoms with Gasteiger partial charge < -0.3 is 10.1 Å². The molecule has 3 aromatic rings. The number of carbonyl (C=O) groups is 3. The molecule has 4 rings (SSSR count). The molecule has 0 aliphatic heterocycles. The second-order valence-corrected chi connectivity index (χ2v) is 10.1. The van der Waals surface area contributed by atoms with Crippen molar-refractivity contribution >= 4 is 39.3 Å². The maximum absolute atomic E-state index is 13.4. The van der Waals surface area contributed by atoms with Crippen molar-refractivity contribution in [3.63, 3.8) is 0 Å². The summed E-state index contributed by atoms with van der Waals surface area (Å²) in [6, 6.07) is 15.1. The van der Waals surface area contributed by atoms with E-state index in [1.54, 1.807) is 43.3 Å². The Labute approximate surface area is 211 Å². The van der Waals surface area contributed by atoms with Crippen LogP contribution in [0.3, 0.4) is 0 Å². The molecule has 1 aromatic heterocycles. The molecule has 0 saturated carbocycles. The van der Waals surface area contributed by atoms with Crippen molar-refractivity contribution in [2.75, 3.05) is 11.9 Å². The van der Waals surface area contributed by atoms with E-state index >= 15 is 0 Å². The molecule has 0 atom stereocenters. The Hall–Kier alpha value is -3.52. The number of Topliss-reactive ketones (excluding diaryl/α,β-unsaturated/α-hetero) is 1. The molecular weight excluding hydrogens is 512 g/mol. The Morgan fingerprint density at radius 2 is 1.69 bits per heavy atom. The van der Waals surface area contributed by atoms with Crippen LogP contribution in [0.2, 0.25) is 0 Å². The third kappa shape index (κ3) is 5.12. The molecule has 0 fully saturated rings. The van der Waals surface area contributed by atoms with Crippen molar-refractivity contribution in [1.29, 1.82) is 0 Å². The Morgan fingerprint density at radius 3 is 2.31 bits per heavy atom. The number of fused-ring (bicyclic) bond motifs is 1. The fourth-order valence-electron chi connectivity index (χ4n) is 4.24.